The lowest BCUT2D eigenvalue weighted by Crippen LogP contribution is -2.35. The summed E-state index contributed by atoms with van der Waals surface area (Å²) < 4.78 is 0. The van der Waals surface area contributed by atoms with Gasteiger partial charge in [0.15, 0.2) is 5.84 Å². The van der Waals surface area contributed by atoms with Crippen molar-refractivity contribution in [2.75, 3.05) is 7.05 Å². The van der Waals surface area contributed by atoms with Crippen molar-refractivity contribution in [1.82, 2.24) is 9.88 Å². The number of rotatable bonds is 2. The molecule has 2 aromatic rings. The van der Waals surface area contributed by atoms with Crippen LogP contribution in [0.1, 0.15) is 17.3 Å². The summed E-state index contributed by atoms with van der Waals surface area (Å²) in [7, 11) is 2.01. The first kappa shape index (κ1) is 12.4. The second-order valence-corrected chi connectivity index (χ2v) is 4.71. The van der Waals surface area contributed by atoms with Crippen LogP contribution in [0.3, 0.4) is 0 Å². The van der Waals surface area contributed by atoms with E-state index in [1.807, 2.05) is 49.5 Å². The van der Waals surface area contributed by atoms with Crippen LogP contribution in [0.4, 0.5) is 0 Å². The Kier molecular flexibility index (Phi) is 3.21. The number of nitrogens with two attached hydrogens (primary N) is 1. The number of hydrogen-bond donors (Lipinski definition) is 1. The van der Waals surface area contributed by atoms with Gasteiger partial charge in [-0.3, -0.25) is 4.98 Å². The Bertz CT molecular complexity index is 647. The number of likely N-dealkylation sites (N-methyl/N-ethyl adjacent to an activating group) is 1. The summed E-state index contributed by atoms with van der Waals surface area (Å²) in [5.74, 6) is 1.32. The summed E-state index contributed by atoms with van der Waals surface area (Å²) in [5.41, 5.74) is 7.98. The number of nitrogens with zero attached hydrogens (tertiary/aromatic N) is 3. The highest BCUT2D eigenvalue weighted by atomic mass is 15.2. The lowest BCUT2D eigenvalue weighted by Gasteiger charge is -2.32. The van der Waals surface area contributed by atoms with Gasteiger partial charge in [-0.25, -0.2) is 4.99 Å². The molecule has 0 spiro atoms. The van der Waals surface area contributed by atoms with E-state index in [9.17, 15) is 0 Å². The molecule has 0 fully saturated rings. The first-order valence-electron chi connectivity index (χ1n) is 6.51. The molecule has 3 rings (SSSR count). The SMILES string of the molecule is CN1C(c2ccccn2)=NC(N)=CC1c1ccccc1. The van der Waals surface area contributed by atoms with Gasteiger partial charge in [-0.1, -0.05) is 36.4 Å². The van der Waals surface area contributed by atoms with Gasteiger partial charge < -0.3 is 10.6 Å². The Morgan fingerprint density at radius 1 is 1.05 bits per heavy atom. The van der Waals surface area contributed by atoms with Gasteiger partial charge in [0, 0.05) is 13.2 Å². The molecule has 2 N–H and O–H groups in total. The molecule has 2 heterocycles. The molecule has 1 unspecified atom stereocenters. The minimum Gasteiger partial charge on any atom is -0.384 e. The zero-order valence-electron chi connectivity index (χ0n) is 11.3. The first-order valence-corrected chi connectivity index (χ1v) is 6.51. The zero-order valence-corrected chi connectivity index (χ0v) is 11.3. The van der Waals surface area contributed by atoms with Crippen LogP contribution < -0.4 is 5.73 Å². The van der Waals surface area contributed by atoms with Gasteiger partial charge in [0.25, 0.3) is 0 Å². The van der Waals surface area contributed by atoms with E-state index >= 15 is 0 Å². The van der Waals surface area contributed by atoms with Gasteiger partial charge >= 0.3 is 0 Å². The van der Waals surface area contributed by atoms with Crippen LogP contribution in [0.25, 0.3) is 0 Å². The Labute approximate surface area is 118 Å². The average Bonchev–Trinajstić information content (AvgIpc) is 2.51. The van der Waals surface area contributed by atoms with E-state index in [0.717, 1.165) is 11.5 Å². The molecule has 100 valence electrons. The Morgan fingerprint density at radius 2 is 1.80 bits per heavy atom. The van der Waals surface area contributed by atoms with Crippen LogP contribution in [-0.2, 0) is 0 Å². The van der Waals surface area contributed by atoms with E-state index in [2.05, 4.69) is 27.0 Å². The maximum atomic E-state index is 5.97. The number of hydrogen-bond acceptors (Lipinski definition) is 4. The molecule has 0 radical (unpaired) electrons. The maximum Gasteiger partial charge on any atom is 0.157 e. The molecular formula is C16H16N4. The molecular weight excluding hydrogens is 248 g/mol. The van der Waals surface area contributed by atoms with Gasteiger partial charge in [-0.05, 0) is 23.8 Å². The average molecular weight is 264 g/mol. The lowest BCUT2D eigenvalue weighted by atomic mass is 10.0. The number of aliphatic imine (C=N–C) groups is 1. The summed E-state index contributed by atoms with van der Waals surface area (Å²) in [5, 5.41) is 0. The van der Waals surface area contributed by atoms with Crippen LogP contribution in [0, 0.1) is 0 Å². The van der Waals surface area contributed by atoms with Crippen molar-refractivity contribution in [3.8, 4) is 0 Å². The molecule has 0 saturated heterocycles. The normalized spacial score (nSPS) is 18.4. The topological polar surface area (TPSA) is 54.5 Å². The highest BCUT2D eigenvalue weighted by Gasteiger charge is 2.24. The van der Waals surface area contributed by atoms with Crippen LogP contribution >= 0.6 is 0 Å². The minimum atomic E-state index is 0.0747. The predicted octanol–water partition coefficient (Wildman–Crippen LogP) is 2.32. The predicted molar refractivity (Wildman–Crippen MR) is 80.0 cm³/mol. The van der Waals surface area contributed by atoms with Gasteiger partial charge in [-0.15, -0.1) is 0 Å². The molecule has 1 aliphatic rings. The zero-order chi connectivity index (χ0) is 13.9. The summed E-state index contributed by atoms with van der Waals surface area (Å²) in [6.45, 7) is 0. The van der Waals surface area contributed by atoms with Crippen molar-refractivity contribution in [3.63, 3.8) is 0 Å². The molecule has 0 saturated carbocycles. The van der Waals surface area contributed by atoms with Crippen molar-refractivity contribution in [2.24, 2.45) is 10.7 Å². The van der Waals surface area contributed by atoms with Crippen molar-refractivity contribution >= 4 is 5.84 Å². The Balaban J connectivity index is 2.01. The summed E-state index contributed by atoms with van der Waals surface area (Å²) in [6, 6.07) is 16.1. The summed E-state index contributed by atoms with van der Waals surface area (Å²) >= 11 is 0. The fourth-order valence-corrected chi connectivity index (χ4v) is 2.35. The van der Waals surface area contributed by atoms with E-state index in [4.69, 9.17) is 5.73 Å². The molecule has 1 aromatic carbocycles. The van der Waals surface area contributed by atoms with Crippen LogP contribution in [0.2, 0.25) is 0 Å². The fraction of sp³-hybridized carbons (Fsp3) is 0.125. The van der Waals surface area contributed by atoms with Crippen LogP contribution in [0.15, 0.2) is 71.6 Å². The highest BCUT2D eigenvalue weighted by molar-refractivity contribution is 5.98. The molecule has 1 atom stereocenters. The molecule has 1 aromatic heterocycles. The number of benzene rings is 1. The van der Waals surface area contributed by atoms with Crippen LogP contribution in [0.5, 0.6) is 0 Å². The third-order valence-corrected chi connectivity index (χ3v) is 3.35. The molecule has 0 aliphatic carbocycles. The van der Waals surface area contributed by atoms with Gasteiger partial charge in [0.1, 0.15) is 11.5 Å². The standard InChI is InChI=1S/C16H16N4/c1-20-14(12-7-3-2-4-8-12)11-15(17)19-16(20)13-9-5-6-10-18-13/h2-11,14H,17H2,1H3. The van der Waals surface area contributed by atoms with Crippen molar-refractivity contribution in [2.45, 2.75) is 6.04 Å². The summed E-state index contributed by atoms with van der Waals surface area (Å²) in [6.07, 6.45) is 3.72. The third kappa shape index (κ3) is 2.28. The molecule has 0 amide bonds. The van der Waals surface area contributed by atoms with Crippen molar-refractivity contribution in [3.05, 3.63) is 77.9 Å². The maximum absolute atomic E-state index is 5.97. The van der Waals surface area contributed by atoms with Gasteiger partial charge in [0.2, 0.25) is 0 Å². The Morgan fingerprint density at radius 3 is 2.50 bits per heavy atom. The van der Waals surface area contributed by atoms with Crippen molar-refractivity contribution in [1.29, 1.82) is 0 Å². The number of pyridine rings is 1. The van der Waals surface area contributed by atoms with E-state index < -0.39 is 0 Å². The van der Waals surface area contributed by atoms with E-state index in [-0.39, 0.29) is 6.04 Å². The molecule has 0 bridgehead atoms. The van der Waals surface area contributed by atoms with Crippen molar-refractivity contribution < 1.29 is 0 Å². The van der Waals surface area contributed by atoms with E-state index in [1.54, 1.807) is 6.20 Å². The highest BCUT2D eigenvalue weighted by Crippen LogP contribution is 2.26. The lowest BCUT2D eigenvalue weighted by molar-refractivity contribution is 0.428. The quantitative estimate of drug-likeness (QED) is 0.905. The molecule has 20 heavy (non-hydrogen) atoms. The number of amidine groups is 1. The van der Waals surface area contributed by atoms with Gasteiger partial charge in [-0.2, -0.15) is 0 Å². The number of aromatic nitrogens is 1. The fourth-order valence-electron chi connectivity index (χ4n) is 2.35. The van der Waals surface area contributed by atoms with Crippen LogP contribution in [-0.4, -0.2) is 22.8 Å². The smallest absolute Gasteiger partial charge is 0.157 e. The second-order valence-electron chi connectivity index (χ2n) is 4.71. The minimum absolute atomic E-state index is 0.0747. The molecule has 4 nitrogen and oxygen atoms in total. The Hall–Kier alpha value is -2.62. The molecule has 4 heteroatoms. The largest absolute Gasteiger partial charge is 0.384 e. The third-order valence-electron chi connectivity index (χ3n) is 3.35. The monoisotopic (exact) mass is 264 g/mol. The molecule has 1 aliphatic heterocycles. The van der Waals surface area contributed by atoms with E-state index in [0.29, 0.717) is 5.82 Å². The van der Waals surface area contributed by atoms with Gasteiger partial charge in [0.05, 0.1) is 6.04 Å². The first-order chi connectivity index (χ1) is 9.75. The summed E-state index contributed by atoms with van der Waals surface area (Å²) in [4.78, 5) is 10.9. The van der Waals surface area contributed by atoms with E-state index in [1.165, 1.54) is 5.56 Å². The second kappa shape index (κ2) is 5.17.